The van der Waals surface area contributed by atoms with Crippen LogP contribution in [0.5, 0.6) is 0 Å². The largest absolute Gasteiger partial charge is 0.461 e. The summed E-state index contributed by atoms with van der Waals surface area (Å²) < 4.78 is 9.80. The fraction of sp³-hybridized carbons (Fsp3) is 0.333. The number of hydrogen-bond acceptors (Lipinski definition) is 6. The van der Waals surface area contributed by atoms with Crippen molar-refractivity contribution >= 4 is 17.7 Å². The summed E-state index contributed by atoms with van der Waals surface area (Å²) >= 11 is 0. The van der Waals surface area contributed by atoms with Gasteiger partial charge in [0.05, 0.1) is 6.61 Å². The predicted octanol–water partition coefficient (Wildman–Crippen LogP) is 2.42. The first-order valence-corrected chi connectivity index (χ1v) is 6.82. The SMILES string of the molecule is CCOC(=O)c1noc(C)c1C(=O)Nc1cc(C)cc(C)n1. The average molecular weight is 303 g/mol. The van der Waals surface area contributed by atoms with E-state index in [1.165, 1.54) is 0 Å². The van der Waals surface area contributed by atoms with Crippen LogP contribution in [0, 0.1) is 20.8 Å². The summed E-state index contributed by atoms with van der Waals surface area (Å²) in [5.74, 6) is -0.569. The van der Waals surface area contributed by atoms with Gasteiger partial charge in [0.25, 0.3) is 5.91 Å². The maximum absolute atomic E-state index is 12.4. The number of esters is 1. The second-order valence-electron chi connectivity index (χ2n) is 4.81. The third-order valence-electron chi connectivity index (χ3n) is 2.90. The topological polar surface area (TPSA) is 94.3 Å². The summed E-state index contributed by atoms with van der Waals surface area (Å²) in [6, 6.07) is 3.63. The highest BCUT2D eigenvalue weighted by Gasteiger charge is 2.26. The van der Waals surface area contributed by atoms with Crippen LogP contribution in [0.3, 0.4) is 0 Å². The van der Waals surface area contributed by atoms with Crippen LogP contribution in [-0.4, -0.2) is 28.6 Å². The zero-order chi connectivity index (χ0) is 16.3. The van der Waals surface area contributed by atoms with Crippen LogP contribution in [0.15, 0.2) is 16.7 Å². The summed E-state index contributed by atoms with van der Waals surface area (Å²) in [6.45, 7) is 7.14. The van der Waals surface area contributed by atoms with Gasteiger partial charge in [0.15, 0.2) is 0 Å². The van der Waals surface area contributed by atoms with E-state index in [1.54, 1.807) is 19.9 Å². The maximum Gasteiger partial charge on any atom is 0.361 e. The summed E-state index contributed by atoms with van der Waals surface area (Å²) in [4.78, 5) is 28.4. The van der Waals surface area contributed by atoms with Crippen molar-refractivity contribution in [2.75, 3.05) is 11.9 Å². The van der Waals surface area contributed by atoms with E-state index in [-0.39, 0.29) is 23.6 Å². The molecule has 0 aliphatic rings. The molecule has 1 amide bonds. The lowest BCUT2D eigenvalue weighted by Gasteiger charge is -2.06. The highest BCUT2D eigenvalue weighted by molar-refractivity contribution is 6.10. The van der Waals surface area contributed by atoms with E-state index >= 15 is 0 Å². The number of amides is 1. The molecule has 0 fully saturated rings. The minimum atomic E-state index is -0.696. The molecule has 2 aromatic heterocycles. The van der Waals surface area contributed by atoms with E-state index in [1.807, 2.05) is 19.9 Å². The van der Waals surface area contributed by atoms with Gasteiger partial charge < -0.3 is 14.6 Å². The third-order valence-corrected chi connectivity index (χ3v) is 2.90. The van der Waals surface area contributed by atoms with Gasteiger partial charge in [-0.2, -0.15) is 0 Å². The Kier molecular flexibility index (Phi) is 4.55. The highest BCUT2D eigenvalue weighted by atomic mass is 16.5. The van der Waals surface area contributed by atoms with Gasteiger partial charge >= 0.3 is 5.97 Å². The van der Waals surface area contributed by atoms with Crippen LogP contribution >= 0.6 is 0 Å². The maximum atomic E-state index is 12.4. The molecule has 2 rings (SSSR count). The molecule has 7 nitrogen and oxygen atoms in total. The summed E-state index contributed by atoms with van der Waals surface area (Å²) in [5.41, 5.74) is 1.67. The van der Waals surface area contributed by atoms with E-state index in [4.69, 9.17) is 9.26 Å². The lowest BCUT2D eigenvalue weighted by molar-refractivity contribution is 0.0512. The Morgan fingerprint density at radius 1 is 1.27 bits per heavy atom. The van der Waals surface area contributed by atoms with E-state index < -0.39 is 11.9 Å². The minimum absolute atomic E-state index is 0.0550. The zero-order valence-electron chi connectivity index (χ0n) is 12.9. The number of nitrogens with one attached hydrogen (secondary N) is 1. The van der Waals surface area contributed by atoms with Gasteiger partial charge in [0.1, 0.15) is 17.1 Å². The average Bonchev–Trinajstić information content (AvgIpc) is 2.79. The lowest BCUT2D eigenvalue weighted by Crippen LogP contribution is -2.18. The Morgan fingerprint density at radius 2 is 2.00 bits per heavy atom. The Balaban J connectivity index is 2.29. The van der Waals surface area contributed by atoms with E-state index in [0.717, 1.165) is 11.3 Å². The first kappa shape index (κ1) is 15.7. The first-order valence-electron chi connectivity index (χ1n) is 6.82. The van der Waals surface area contributed by atoms with Crippen molar-refractivity contribution < 1.29 is 18.8 Å². The minimum Gasteiger partial charge on any atom is -0.461 e. The Labute approximate surface area is 127 Å². The van der Waals surface area contributed by atoms with Crippen molar-refractivity contribution in [2.24, 2.45) is 0 Å². The van der Waals surface area contributed by atoms with Gasteiger partial charge in [-0.05, 0) is 45.4 Å². The number of pyridine rings is 1. The number of anilines is 1. The fourth-order valence-electron chi connectivity index (χ4n) is 2.06. The molecule has 0 aliphatic heterocycles. The molecule has 0 saturated heterocycles. The van der Waals surface area contributed by atoms with Crippen molar-refractivity contribution in [1.29, 1.82) is 0 Å². The molecule has 22 heavy (non-hydrogen) atoms. The molecule has 7 heteroatoms. The molecule has 0 saturated carbocycles. The summed E-state index contributed by atoms with van der Waals surface area (Å²) in [6.07, 6.45) is 0. The fourth-order valence-corrected chi connectivity index (χ4v) is 2.06. The van der Waals surface area contributed by atoms with Crippen molar-refractivity contribution in [1.82, 2.24) is 10.1 Å². The van der Waals surface area contributed by atoms with Crippen molar-refractivity contribution in [2.45, 2.75) is 27.7 Å². The van der Waals surface area contributed by atoms with Gasteiger partial charge in [-0.15, -0.1) is 0 Å². The number of carbonyl (C=O) groups is 2. The van der Waals surface area contributed by atoms with Crippen LogP contribution in [0.1, 0.15) is 44.8 Å². The Hall–Kier alpha value is -2.70. The molecule has 0 radical (unpaired) electrons. The predicted molar refractivity (Wildman–Crippen MR) is 78.9 cm³/mol. The molecule has 2 heterocycles. The van der Waals surface area contributed by atoms with Crippen LogP contribution in [-0.2, 0) is 4.74 Å². The van der Waals surface area contributed by atoms with Gasteiger partial charge in [0, 0.05) is 5.69 Å². The van der Waals surface area contributed by atoms with Gasteiger partial charge in [-0.25, -0.2) is 9.78 Å². The van der Waals surface area contributed by atoms with Crippen LogP contribution in [0.2, 0.25) is 0 Å². The molecular formula is C15H17N3O4. The molecule has 0 bridgehead atoms. The van der Waals surface area contributed by atoms with E-state index in [2.05, 4.69) is 15.5 Å². The normalized spacial score (nSPS) is 10.4. The number of nitrogens with zero attached hydrogens (tertiary/aromatic N) is 2. The molecular weight excluding hydrogens is 286 g/mol. The monoisotopic (exact) mass is 303 g/mol. The Morgan fingerprint density at radius 3 is 2.64 bits per heavy atom. The van der Waals surface area contributed by atoms with Crippen LogP contribution in [0.25, 0.3) is 0 Å². The second-order valence-corrected chi connectivity index (χ2v) is 4.81. The number of aryl methyl sites for hydroxylation is 3. The number of ether oxygens (including phenoxy) is 1. The van der Waals surface area contributed by atoms with Gasteiger partial charge in [-0.1, -0.05) is 5.16 Å². The molecule has 0 spiro atoms. The van der Waals surface area contributed by atoms with E-state index in [9.17, 15) is 9.59 Å². The van der Waals surface area contributed by atoms with Gasteiger partial charge in [0.2, 0.25) is 5.69 Å². The van der Waals surface area contributed by atoms with Crippen LogP contribution < -0.4 is 5.32 Å². The molecule has 0 aliphatic carbocycles. The quantitative estimate of drug-likeness (QED) is 0.872. The molecule has 1 N–H and O–H groups in total. The molecule has 0 unspecified atom stereocenters. The Bertz CT molecular complexity index is 701. The summed E-state index contributed by atoms with van der Waals surface area (Å²) in [5, 5.41) is 6.25. The van der Waals surface area contributed by atoms with E-state index in [0.29, 0.717) is 5.82 Å². The van der Waals surface area contributed by atoms with Crippen molar-refractivity contribution in [3.8, 4) is 0 Å². The zero-order valence-corrected chi connectivity index (χ0v) is 12.9. The highest BCUT2D eigenvalue weighted by Crippen LogP contribution is 2.17. The smallest absolute Gasteiger partial charge is 0.361 e. The van der Waals surface area contributed by atoms with Crippen LogP contribution in [0.4, 0.5) is 5.82 Å². The molecule has 0 aromatic carbocycles. The van der Waals surface area contributed by atoms with Gasteiger partial charge in [-0.3, -0.25) is 4.79 Å². The van der Waals surface area contributed by atoms with Crippen molar-refractivity contribution in [3.05, 3.63) is 40.4 Å². The first-order chi connectivity index (χ1) is 10.4. The number of carbonyl (C=O) groups excluding carboxylic acids is 2. The molecule has 2 aromatic rings. The second kappa shape index (κ2) is 6.38. The third kappa shape index (κ3) is 3.30. The molecule has 116 valence electrons. The lowest BCUT2D eigenvalue weighted by atomic mass is 10.1. The number of aromatic nitrogens is 2. The standard InChI is InChI=1S/C15H17N3O4/c1-5-21-15(20)13-12(10(4)22-18-13)14(19)17-11-7-8(2)6-9(3)16-11/h6-7H,5H2,1-4H3,(H,16,17,19). The number of rotatable bonds is 4. The number of hydrogen-bond donors (Lipinski definition) is 1. The molecule has 0 atom stereocenters. The van der Waals surface area contributed by atoms with Crippen molar-refractivity contribution in [3.63, 3.8) is 0 Å². The summed E-state index contributed by atoms with van der Waals surface area (Å²) in [7, 11) is 0.